The molecule has 0 aliphatic carbocycles. The smallest absolute Gasteiger partial charge is 0.230 e. The second-order valence-corrected chi connectivity index (χ2v) is 5.15. The lowest BCUT2D eigenvalue weighted by Gasteiger charge is -2.04. The summed E-state index contributed by atoms with van der Waals surface area (Å²) in [6.07, 6.45) is 2.01. The van der Waals surface area contributed by atoms with Crippen LogP contribution in [0.25, 0.3) is 0 Å². The normalized spacial score (nSPS) is 23.2. The largest absolute Gasteiger partial charge is 0.339 e. The van der Waals surface area contributed by atoms with Crippen LogP contribution in [0.1, 0.15) is 31.0 Å². The molecule has 5 heteroatoms. The maximum atomic E-state index is 5.29. The first-order chi connectivity index (χ1) is 7.29. The third-order valence-electron chi connectivity index (χ3n) is 2.74. The van der Waals surface area contributed by atoms with Gasteiger partial charge in [-0.25, -0.2) is 0 Å². The van der Waals surface area contributed by atoms with E-state index in [9.17, 15) is 0 Å². The molecule has 4 nitrogen and oxygen atoms in total. The lowest BCUT2D eigenvalue weighted by molar-refractivity contribution is 0.355. The van der Waals surface area contributed by atoms with Crippen molar-refractivity contribution in [1.29, 1.82) is 0 Å². The van der Waals surface area contributed by atoms with E-state index in [4.69, 9.17) is 4.52 Å². The van der Waals surface area contributed by atoms with Gasteiger partial charge in [0.25, 0.3) is 0 Å². The van der Waals surface area contributed by atoms with Crippen molar-refractivity contribution in [1.82, 2.24) is 15.5 Å². The molecule has 0 saturated carbocycles. The minimum Gasteiger partial charge on any atom is -0.339 e. The first kappa shape index (κ1) is 11.0. The van der Waals surface area contributed by atoms with E-state index in [1.807, 2.05) is 18.8 Å². The Morgan fingerprint density at radius 1 is 1.67 bits per heavy atom. The Bertz CT molecular complexity index is 309. The molecule has 84 valence electrons. The van der Waals surface area contributed by atoms with Gasteiger partial charge in [0, 0.05) is 24.1 Å². The zero-order chi connectivity index (χ0) is 10.7. The zero-order valence-corrected chi connectivity index (χ0v) is 10.0. The summed E-state index contributed by atoms with van der Waals surface area (Å²) < 4.78 is 5.29. The number of hydrogen-bond donors (Lipinski definition) is 1. The highest BCUT2D eigenvalue weighted by Crippen LogP contribution is 2.31. The molecule has 1 aliphatic heterocycles. The van der Waals surface area contributed by atoms with Crippen molar-refractivity contribution >= 4 is 11.8 Å². The molecule has 0 amide bonds. The fraction of sp³-hybridized carbons (Fsp3) is 0.800. The average molecular weight is 227 g/mol. The summed E-state index contributed by atoms with van der Waals surface area (Å²) in [4.78, 5) is 4.45. The van der Waals surface area contributed by atoms with Crippen molar-refractivity contribution in [3.63, 3.8) is 0 Å². The first-order valence-corrected chi connectivity index (χ1v) is 6.52. The van der Waals surface area contributed by atoms with E-state index in [1.165, 1.54) is 12.2 Å². The summed E-state index contributed by atoms with van der Waals surface area (Å²) in [5, 5.41) is 7.18. The van der Waals surface area contributed by atoms with Gasteiger partial charge in [-0.15, -0.1) is 0 Å². The van der Waals surface area contributed by atoms with Crippen LogP contribution < -0.4 is 5.32 Å². The SMILES string of the molecule is CNC(C)Cc1noc(C2CCSC2)n1. The van der Waals surface area contributed by atoms with Gasteiger partial charge < -0.3 is 9.84 Å². The molecule has 0 radical (unpaired) electrons. The monoisotopic (exact) mass is 227 g/mol. The van der Waals surface area contributed by atoms with E-state index in [2.05, 4.69) is 22.4 Å². The van der Waals surface area contributed by atoms with Crippen LogP contribution in [-0.4, -0.2) is 34.7 Å². The molecule has 15 heavy (non-hydrogen) atoms. The molecular formula is C10H17N3OS. The van der Waals surface area contributed by atoms with Crippen LogP contribution in [0.2, 0.25) is 0 Å². The van der Waals surface area contributed by atoms with Crippen molar-refractivity contribution in [2.24, 2.45) is 0 Å². The standard InChI is InChI=1S/C10H17N3OS/c1-7(11-2)5-9-12-10(14-13-9)8-3-4-15-6-8/h7-8,11H,3-6H2,1-2H3. The first-order valence-electron chi connectivity index (χ1n) is 5.37. The lowest BCUT2D eigenvalue weighted by atomic mass is 10.1. The van der Waals surface area contributed by atoms with Gasteiger partial charge in [-0.1, -0.05) is 5.16 Å². The molecule has 0 bridgehead atoms. The summed E-state index contributed by atoms with van der Waals surface area (Å²) in [7, 11) is 1.94. The van der Waals surface area contributed by atoms with Gasteiger partial charge in [0.1, 0.15) is 0 Å². The summed E-state index contributed by atoms with van der Waals surface area (Å²) in [5.74, 6) is 4.49. The van der Waals surface area contributed by atoms with Crippen molar-refractivity contribution in [2.45, 2.75) is 31.7 Å². The average Bonchev–Trinajstić information content (AvgIpc) is 2.85. The number of likely N-dealkylation sites (N-methyl/N-ethyl adjacent to an activating group) is 1. The molecule has 1 fully saturated rings. The van der Waals surface area contributed by atoms with E-state index in [1.54, 1.807) is 0 Å². The van der Waals surface area contributed by atoms with E-state index in [0.29, 0.717) is 12.0 Å². The lowest BCUT2D eigenvalue weighted by Crippen LogP contribution is -2.24. The third-order valence-corrected chi connectivity index (χ3v) is 3.91. The Morgan fingerprint density at radius 3 is 3.20 bits per heavy atom. The highest BCUT2D eigenvalue weighted by atomic mass is 32.2. The van der Waals surface area contributed by atoms with Crippen LogP contribution >= 0.6 is 11.8 Å². The third kappa shape index (κ3) is 2.72. The van der Waals surface area contributed by atoms with Gasteiger partial charge in [-0.3, -0.25) is 0 Å². The predicted molar refractivity (Wildman–Crippen MR) is 61.2 cm³/mol. The Hall–Kier alpha value is -0.550. The number of thioether (sulfide) groups is 1. The number of nitrogens with zero attached hydrogens (tertiary/aromatic N) is 2. The molecule has 2 heterocycles. The molecule has 0 aromatic carbocycles. The minimum atomic E-state index is 0.397. The molecule has 2 atom stereocenters. The van der Waals surface area contributed by atoms with Gasteiger partial charge in [-0.05, 0) is 26.1 Å². The number of hydrogen-bond acceptors (Lipinski definition) is 5. The number of aromatic nitrogens is 2. The van der Waals surface area contributed by atoms with Gasteiger partial charge in [0.2, 0.25) is 5.89 Å². The van der Waals surface area contributed by atoms with Crippen LogP contribution in [-0.2, 0) is 6.42 Å². The Balaban J connectivity index is 1.97. The molecule has 1 N–H and O–H groups in total. The molecule has 1 saturated heterocycles. The van der Waals surface area contributed by atoms with Crippen LogP contribution in [0.4, 0.5) is 0 Å². The van der Waals surface area contributed by atoms with Crippen LogP contribution in [0.15, 0.2) is 4.52 Å². The van der Waals surface area contributed by atoms with Crippen molar-refractivity contribution in [2.75, 3.05) is 18.6 Å². The molecule has 2 unspecified atom stereocenters. The van der Waals surface area contributed by atoms with E-state index >= 15 is 0 Å². The molecule has 0 spiro atoms. The second-order valence-electron chi connectivity index (χ2n) is 4.00. The molecular weight excluding hydrogens is 210 g/mol. The van der Waals surface area contributed by atoms with Crippen LogP contribution in [0.5, 0.6) is 0 Å². The highest BCUT2D eigenvalue weighted by molar-refractivity contribution is 7.99. The summed E-state index contributed by atoms with van der Waals surface area (Å²) in [5.41, 5.74) is 0. The summed E-state index contributed by atoms with van der Waals surface area (Å²) in [6, 6.07) is 0.397. The quantitative estimate of drug-likeness (QED) is 0.843. The predicted octanol–water partition coefficient (Wildman–Crippen LogP) is 1.44. The highest BCUT2D eigenvalue weighted by Gasteiger charge is 2.23. The summed E-state index contributed by atoms with van der Waals surface area (Å²) in [6.45, 7) is 2.11. The Kier molecular flexibility index (Phi) is 3.64. The zero-order valence-electron chi connectivity index (χ0n) is 9.19. The van der Waals surface area contributed by atoms with Gasteiger partial charge in [-0.2, -0.15) is 16.7 Å². The van der Waals surface area contributed by atoms with E-state index in [-0.39, 0.29) is 0 Å². The molecule has 1 aliphatic rings. The van der Waals surface area contributed by atoms with Crippen molar-refractivity contribution in [3.8, 4) is 0 Å². The maximum absolute atomic E-state index is 5.29. The van der Waals surface area contributed by atoms with Crippen molar-refractivity contribution in [3.05, 3.63) is 11.7 Å². The summed E-state index contributed by atoms with van der Waals surface area (Å²) >= 11 is 1.96. The molecule has 1 aromatic rings. The number of rotatable bonds is 4. The van der Waals surface area contributed by atoms with Gasteiger partial charge in [0.15, 0.2) is 5.82 Å². The second kappa shape index (κ2) is 4.99. The Morgan fingerprint density at radius 2 is 2.53 bits per heavy atom. The Labute approximate surface area is 94.2 Å². The number of nitrogens with one attached hydrogen (secondary N) is 1. The molecule has 2 rings (SSSR count). The fourth-order valence-corrected chi connectivity index (χ4v) is 2.83. The van der Waals surface area contributed by atoms with Gasteiger partial charge >= 0.3 is 0 Å². The van der Waals surface area contributed by atoms with E-state index in [0.717, 1.165) is 23.9 Å². The topological polar surface area (TPSA) is 51.0 Å². The minimum absolute atomic E-state index is 0.397. The maximum Gasteiger partial charge on any atom is 0.230 e. The van der Waals surface area contributed by atoms with Gasteiger partial charge in [0.05, 0.1) is 0 Å². The van der Waals surface area contributed by atoms with Crippen LogP contribution in [0, 0.1) is 0 Å². The van der Waals surface area contributed by atoms with Crippen LogP contribution in [0.3, 0.4) is 0 Å². The van der Waals surface area contributed by atoms with E-state index < -0.39 is 0 Å². The fourth-order valence-electron chi connectivity index (χ4n) is 1.62. The molecule has 1 aromatic heterocycles. The van der Waals surface area contributed by atoms with Crippen molar-refractivity contribution < 1.29 is 4.52 Å².